The molecule has 0 saturated heterocycles. The Labute approximate surface area is 127 Å². The fourth-order valence-electron chi connectivity index (χ4n) is 2.61. The number of halogens is 1. The van der Waals surface area contributed by atoms with Crippen molar-refractivity contribution in [2.75, 3.05) is 0 Å². The Morgan fingerprint density at radius 2 is 2.14 bits per heavy atom. The van der Waals surface area contributed by atoms with Crippen LogP contribution in [0.1, 0.15) is 35.7 Å². The zero-order chi connectivity index (χ0) is 15.7. The minimum absolute atomic E-state index is 0.112. The molecule has 22 heavy (non-hydrogen) atoms. The lowest BCUT2D eigenvalue weighted by molar-refractivity contribution is 0.616. The summed E-state index contributed by atoms with van der Waals surface area (Å²) in [6, 6.07) is 6.86. The molecule has 114 valence electrons. The van der Waals surface area contributed by atoms with Crippen LogP contribution < -0.4 is 5.56 Å². The van der Waals surface area contributed by atoms with Crippen molar-refractivity contribution in [3.05, 3.63) is 69.0 Å². The Bertz CT molecular complexity index is 879. The molecule has 1 aromatic carbocycles. The topological polar surface area (TPSA) is 50.2 Å². The molecule has 0 aliphatic carbocycles. The first-order valence-corrected chi connectivity index (χ1v) is 7.43. The summed E-state index contributed by atoms with van der Waals surface area (Å²) in [5.74, 6) is -0.247. The lowest BCUT2D eigenvalue weighted by Gasteiger charge is -2.09. The zero-order valence-electron chi connectivity index (χ0n) is 12.7. The van der Waals surface area contributed by atoms with Gasteiger partial charge in [-0.1, -0.05) is 25.5 Å². The van der Waals surface area contributed by atoms with Gasteiger partial charge in [-0.15, -0.1) is 0 Å². The quantitative estimate of drug-likeness (QED) is 0.805. The van der Waals surface area contributed by atoms with Crippen LogP contribution >= 0.6 is 0 Å². The van der Waals surface area contributed by atoms with E-state index < -0.39 is 0 Å². The van der Waals surface area contributed by atoms with Gasteiger partial charge in [0.1, 0.15) is 5.82 Å². The van der Waals surface area contributed by atoms with Gasteiger partial charge in [-0.3, -0.25) is 9.89 Å². The molecule has 0 fully saturated rings. The largest absolute Gasteiger partial charge is 0.297 e. The molecule has 0 unspecified atom stereocenters. The molecule has 0 radical (unpaired) electrons. The van der Waals surface area contributed by atoms with Gasteiger partial charge in [0, 0.05) is 24.2 Å². The van der Waals surface area contributed by atoms with Crippen molar-refractivity contribution in [1.29, 1.82) is 0 Å². The summed E-state index contributed by atoms with van der Waals surface area (Å²) in [4.78, 5) is 17.2. The number of aromatic amines is 1. The van der Waals surface area contributed by atoms with Gasteiger partial charge in [-0.2, -0.15) is 0 Å². The van der Waals surface area contributed by atoms with Crippen LogP contribution in [0.4, 0.5) is 4.39 Å². The number of aromatic nitrogens is 3. The number of hydrogen-bond donors (Lipinski definition) is 1. The molecule has 5 heteroatoms. The van der Waals surface area contributed by atoms with E-state index in [1.807, 2.05) is 6.07 Å². The Hall–Kier alpha value is -2.43. The van der Waals surface area contributed by atoms with Gasteiger partial charge in [0.2, 0.25) is 0 Å². The molecule has 0 saturated carbocycles. The van der Waals surface area contributed by atoms with Crippen LogP contribution in [0.5, 0.6) is 0 Å². The fraction of sp³-hybridized carbons (Fsp3) is 0.294. The van der Waals surface area contributed by atoms with Crippen molar-refractivity contribution >= 4 is 5.65 Å². The van der Waals surface area contributed by atoms with Crippen molar-refractivity contribution < 1.29 is 4.39 Å². The van der Waals surface area contributed by atoms with Crippen LogP contribution in [-0.2, 0) is 12.8 Å². The van der Waals surface area contributed by atoms with Gasteiger partial charge in [-0.25, -0.2) is 13.9 Å². The SMILES string of the molecule is CCCc1nc2cc[nH]n2c(=O)c1Cc1ccc(C)c(F)c1. The van der Waals surface area contributed by atoms with E-state index in [-0.39, 0.29) is 11.4 Å². The van der Waals surface area contributed by atoms with E-state index in [1.54, 1.807) is 25.3 Å². The second-order valence-corrected chi connectivity index (χ2v) is 5.51. The summed E-state index contributed by atoms with van der Waals surface area (Å²) in [6.07, 6.45) is 3.72. The molecular formula is C17H18FN3O. The monoisotopic (exact) mass is 299 g/mol. The van der Waals surface area contributed by atoms with Crippen molar-refractivity contribution in [3.8, 4) is 0 Å². The van der Waals surface area contributed by atoms with E-state index in [4.69, 9.17) is 0 Å². The van der Waals surface area contributed by atoms with E-state index in [2.05, 4.69) is 17.0 Å². The Kier molecular flexibility index (Phi) is 3.79. The van der Waals surface area contributed by atoms with E-state index >= 15 is 0 Å². The predicted molar refractivity (Wildman–Crippen MR) is 83.8 cm³/mol. The molecule has 0 spiro atoms. The molecule has 1 N–H and O–H groups in total. The van der Waals surface area contributed by atoms with Gasteiger partial charge in [0.15, 0.2) is 5.65 Å². The second-order valence-electron chi connectivity index (χ2n) is 5.51. The minimum atomic E-state index is -0.247. The number of hydrogen-bond acceptors (Lipinski definition) is 2. The smallest absolute Gasteiger partial charge is 0.276 e. The molecule has 3 rings (SSSR count). The summed E-state index contributed by atoms with van der Waals surface area (Å²) < 4.78 is 15.2. The molecule has 4 nitrogen and oxygen atoms in total. The first-order chi connectivity index (χ1) is 10.6. The number of H-pyrrole nitrogens is 1. The highest BCUT2D eigenvalue weighted by Crippen LogP contribution is 2.15. The molecule has 0 aliphatic rings. The van der Waals surface area contributed by atoms with E-state index in [1.165, 1.54) is 10.6 Å². The zero-order valence-corrected chi connectivity index (χ0v) is 12.7. The third-order valence-electron chi connectivity index (χ3n) is 3.83. The molecule has 2 aromatic heterocycles. The molecule has 0 aliphatic heterocycles. The molecule has 3 aromatic rings. The van der Waals surface area contributed by atoms with Gasteiger partial charge < -0.3 is 0 Å². The number of nitrogens with zero attached hydrogens (tertiary/aromatic N) is 2. The van der Waals surface area contributed by atoms with Gasteiger partial charge in [-0.05, 0) is 30.5 Å². The average Bonchev–Trinajstić information content (AvgIpc) is 2.95. The number of rotatable bonds is 4. The maximum absolute atomic E-state index is 13.7. The molecular weight excluding hydrogens is 281 g/mol. The van der Waals surface area contributed by atoms with Crippen molar-refractivity contribution in [2.24, 2.45) is 0 Å². The highest BCUT2D eigenvalue weighted by atomic mass is 19.1. The molecule has 2 heterocycles. The predicted octanol–water partition coefficient (Wildman–Crippen LogP) is 3.01. The number of nitrogens with one attached hydrogen (secondary N) is 1. The highest BCUT2D eigenvalue weighted by molar-refractivity contribution is 5.40. The van der Waals surface area contributed by atoms with Crippen LogP contribution in [-0.4, -0.2) is 14.6 Å². The molecule has 0 atom stereocenters. The van der Waals surface area contributed by atoms with Crippen LogP contribution in [0.2, 0.25) is 0 Å². The van der Waals surface area contributed by atoms with Crippen molar-refractivity contribution in [3.63, 3.8) is 0 Å². The fourth-order valence-corrected chi connectivity index (χ4v) is 2.61. The highest BCUT2D eigenvalue weighted by Gasteiger charge is 2.14. The Morgan fingerprint density at radius 1 is 1.32 bits per heavy atom. The molecule has 0 bridgehead atoms. The lowest BCUT2D eigenvalue weighted by atomic mass is 10.0. The first-order valence-electron chi connectivity index (χ1n) is 7.43. The first kappa shape index (κ1) is 14.5. The number of aryl methyl sites for hydroxylation is 2. The van der Waals surface area contributed by atoms with Gasteiger partial charge >= 0.3 is 0 Å². The Morgan fingerprint density at radius 3 is 2.86 bits per heavy atom. The molecule has 0 amide bonds. The normalized spacial score (nSPS) is 11.2. The van der Waals surface area contributed by atoms with Gasteiger partial charge in [0.25, 0.3) is 5.56 Å². The Balaban J connectivity index is 2.11. The van der Waals surface area contributed by atoms with E-state index in [0.29, 0.717) is 23.2 Å². The van der Waals surface area contributed by atoms with Crippen molar-refractivity contribution in [1.82, 2.24) is 14.6 Å². The maximum atomic E-state index is 13.7. The van der Waals surface area contributed by atoms with Crippen LogP contribution in [0.3, 0.4) is 0 Å². The standard InChI is InChI=1S/C17H18FN3O/c1-3-4-15-13(9-12-6-5-11(2)14(18)10-12)17(22)21-16(20-15)7-8-19-21/h5-8,10,19H,3-4,9H2,1-2H3. The second kappa shape index (κ2) is 5.75. The number of fused-ring (bicyclic) bond motifs is 1. The third-order valence-corrected chi connectivity index (χ3v) is 3.83. The van der Waals surface area contributed by atoms with Crippen LogP contribution in [0.25, 0.3) is 5.65 Å². The lowest BCUT2D eigenvalue weighted by Crippen LogP contribution is -2.23. The summed E-state index contributed by atoms with van der Waals surface area (Å²) in [5.41, 5.74) is 3.32. The minimum Gasteiger partial charge on any atom is -0.297 e. The summed E-state index contributed by atoms with van der Waals surface area (Å²) in [5, 5.41) is 2.87. The van der Waals surface area contributed by atoms with E-state index in [9.17, 15) is 9.18 Å². The van der Waals surface area contributed by atoms with Crippen LogP contribution in [0.15, 0.2) is 35.3 Å². The van der Waals surface area contributed by atoms with Gasteiger partial charge in [0.05, 0.1) is 5.69 Å². The summed E-state index contributed by atoms with van der Waals surface area (Å²) in [6.45, 7) is 3.78. The maximum Gasteiger partial charge on any atom is 0.276 e. The average molecular weight is 299 g/mol. The van der Waals surface area contributed by atoms with Crippen LogP contribution in [0, 0.1) is 12.7 Å². The van der Waals surface area contributed by atoms with Crippen molar-refractivity contribution in [2.45, 2.75) is 33.1 Å². The third kappa shape index (κ3) is 2.54. The summed E-state index contributed by atoms with van der Waals surface area (Å²) in [7, 11) is 0. The number of benzene rings is 1. The summed E-state index contributed by atoms with van der Waals surface area (Å²) >= 11 is 0. The van der Waals surface area contributed by atoms with E-state index in [0.717, 1.165) is 24.1 Å².